The average Bonchev–Trinajstić information content (AvgIpc) is 2.30. The molecule has 1 aromatic carbocycles. The summed E-state index contributed by atoms with van der Waals surface area (Å²) in [5, 5.41) is 0.938. The predicted molar refractivity (Wildman–Crippen MR) is 72.4 cm³/mol. The Bertz CT molecular complexity index is 454. The van der Waals surface area contributed by atoms with Gasteiger partial charge in [0.05, 0.1) is 22.8 Å². The molecule has 2 unspecified atom stereocenters. The summed E-state index contributed by atoms with van der Waals surface area (Å²) in [5.74, 6) is -0.0931. The summed E-state index contributed by atoms with van der Waals surface area (Å²) in [6.07, 6.45) is 0.0753. The van der Waals surface area contributed by atoms with Crippen molar-refractivity contribution in [1.82, 2.24) is 4.90 Å². The predicted octanol–water partition coefficient (Wildman–Crippen LogP) is 3.24. The molecule has 0 saturated carbocycles. The van der Waals surface area contributed by atoms with Gasteiger partial charge in [0, 0.05) is 18.1 Å². The van der Waals surface area contributed by atoms with Crippen LogP contribution in [0, 0.1) is 0 Å². The van der Waals surface area contributed by atoms with Crippen LogP contribution in [-0.4, -0.2) is 36.1 Å². The highest BCUT2D eigenvalue weighted by Crippen LogP contribution is 2.23. The van der Waals surface area contributed by atoms with Crippen molar-refractivity contribution in [1.29, 1.82) is 0 Å². The number of halogens is 2. The molecule has 1 aliphatic rings. The zero-order valence-corrected chi connectivity index (χ0v) is 11.8. The molecule has 0 radical (unpaired) electrons. The fraction of sp³-hybridized carbons (Fsp3) is 0.462. The van der Waals surface area contributed by atoms with Gasteiger partial charge in [0.1, 0.15) is 0 Å². The SMILES string of the molecule is CC1CN(C(=O)c2cc(Cl)ccc2Cl)CC(C)O1. The Kier molecular flexibility index (Phi) is 4.15. The number of nitrogens with zero attached hydrogens (tertiary/aromatic N) is 1. The number of ether oxygens (including phenoxy) is 1. The first-order chi connectivity index (χ1) is 8.47. The Morgan fingerprint density at radius 3 is 2.50 bits per heavy atom. The summed E-state index contributed by atoms with van der Waals surface area (Å²) < 4.78 is 5.60. The Hall–Kier alpha value is -0.770. The van der Waals surface area contributed by atoms with Crippen LogP contribution in [0.25, 0.3) is 0 Å². The molecule has 1 saturated heterocycles. The van der Waals surface area contributed by atoms with Crippen LogP contribution in [-0.2, 0) is 4.74 Å². The lowest BCUT2D eigenvalue weighted by Crippen LogP contribution is -2.48. The summed E-state index contributed by atoms with van der Waals surface area (Å²) >= 11 is 11.9. The lowest BCUT2D eigenvalue weighted by molar-refractivity contribution is -0.0586. The van der Waals surface area contributed by atoms with E-state index in [4.69, 9.17) is 27.9 Å². The number of amides is 1. The minimum atomic E-state index is -0.0931. The Labute approximate surface area is 117 Å². The highest BCUT2D eigenvalue weighted by molar-refractivity contribution is 6.35. The summed E-state index contributed by atoms with van der Waals surface area (Å²) in [5.41, 5.74) is 0.450. The molecular weight excluding hydrogens is 273 g/mol. The molecule has 2 atom stereocenters. The van der Waals surface area contributed by atoms with Crippen LogP contribution in [0.4, 0.5) is 0 Å². The van der Waals surface area contributed by atoms with Crippen LogP contribution in [0.2, 0.25) is 10.0 Å². The van der Waals surface area contributed by atoms with Crippen LogP contribution in [0.15, 0.2) is 18.2 Å². The monoisotopic (exact) mass is 287 g/mol. The zero-order valence-electron chi connectivity index (χ0n) is 10.3. The number of morpholine rings is 1. The first-order valence-corrected chi connectivity index (χ1v) is 6.62. The van der Waals surface area contributed by atoms with Crippen molar-refractivity contribution in [2.75, 3.05) is 13.1 Å². The fourth-order valence-corrected chi connectivity index (χ4v) is 2.55. The van der Waals surface area contributed by atoms with E-state index in [1.54, 1.807) is 23.1 Å². The van der Waals surface area contributed by atoms with Gasteiger partial charge in [-0.05, 0) is 32.0 Å². The second-order valence-electron chi connectivity index (χ2n) is 4.59. The number of benzene rings is 1. The number of hydrogen-bond acceptors (Lipinski definition) is 2. The third-order valence-electron chi connectivity index (χ3n) is 2.87. The van der Waals surface area contributed by atoms with E-state index in [9.17, 15) is 4.79 Å². The van der Waals surface area contributed by atoms with E-state index in [1.165, 1.54) is 0 Å². The molecule has 0 bridgehead atoms. The Morgan fingerprint density at radius 1 is 1.28 bits per heavy atom. The van der Waals surface area contributed by atoms with E-state index < -0.39 is 0 Å². The van der Waals surface area contributed by atoms with Gasteiger partial charge < -0.3 is 9.64 Å². The van der Waals surface area contributed by atoms with Crippen LogP contribution in [0.3, 0.4) is 0 Å². The molecule has 5 heteroatoms. The van der Waals surface area contributed by atoms with E-state index >= 15 is 0 Å². The standard InChI is InChI=1S/C13H15Cl2NO2/c1-8-6-16(7-9(2)18-8)13(17)11-5-10(14)3-4-12(11)15/h3-5,8-9H,6-7H2,1-2H3. The van der Waals surface area contributed by atoms with Gasteiger partial charge in [0.25, 0.3) is 5.91 Å². The molecular formula is C13H15Cl2NO2. The van der Waals surface area contributed by atoms with E-state index in [1.807, 2.05) is 13.8 Å². The molecule has 0 aliphatic carbocycles. The highest BCUT2D eigenvalue weighted by atomic mass is 35.5. The maximum Gasteiger partial charge on any atom is 0.255 e. The molecule has 1 amide bonds. The number of hydrogen-bond donors (Lipinski definition) is 0. The largest absolute Gasteiger partial charge is 0.372 e. The van der Waals surface area contributed by atoms with Gasteiger partial charge in [-0.3, -0.25) is 4.79 Å². The van der Waals surface area contributed by atoms with Crippen LogP contribution in [0.1, 0.15) is 24.2 Å². The van der Waals surface area contributed by atoms with Gasteiger partial charge in [-0.2, -0.15) is 0 Å². The van der Waals surface area contributed by atoms with Gasteiger partial charge in [-0.1, -0.05) is 23.2 Å². The topological polar surface area (TPSA) is 29.5 Å². The van der Waals surface area contributed by atoms with E-state index in [-0.39, 0.29) is 18.1 Å². The smallest absolute Gasteiger partial charge is 0.255 e. The number of carbonyl (C=O) groups excluding carboxylic acids is 1. The van der Waals surface area contributed by atoms with Gasteiger partial charge in [0.15, 0.2) is 0 Å². The van der Waals surface area contributed by atoms with Gasteiger partial charge in [0.2, 0.25) is 0 Å². The lowest BCUT2D eigenvalue weighted by Gasteiger charge is -2.35. The van der Waals surface area contributed by atoms with Crippen molar-refractivity contribution in [2.24, 2.45) is 0 Å². The van der Waals surface area contributed by atoms with Gasteiger partial charge in [-0.25, -0.2) is 0 Å². The van der Waals surface area contributed by atoms with Crippen molar-refractivity contribution in [3.8, 4) is 0 Å². The normalized spacial score (nSPS) is 24.1. The first kappa shape index (κ1) is 13.7. The van der Waals surface area contributed by atoms with Crippen LogP contribution >= 0.6 is 23.2 Å². The van der Waals surface area contributed by atoms with Gasteiger partial charge in [-0.15, -0.1) is 0 Å². The molecule has 1 heterocycles. The van der Waals surface area contributed by atoms with Crippen molar-refractivity contribution in [3.05, 3.63) is 33.8 Å². The Balaban J connectivity index is 2.22. The van der Waals surface area contributed by atoms with Gasteiger partial charge >= 0.3 is 0 Å². The van der Waals surface area contributed by atoms with Crippen LogP contribution < -0.4 is 0 Å². The highest BCUT2D eigenvalue weighted by Gasteiger charge is 2.27. The molecule has 0 aromatic heterocycles. The minimum Gasteiger partial charge on any atom is -0.372 e. The Morgan fingerprint density at radius 2 is 1.89 bits per heavy atom. The summed E-state index contributed by atoms with van der Waals surface area (Å²) in [4.78, 5) is 14.2. The second kappa shape index (κ2) is 5.47. The first-order valence-electron chi connectivity index (χ1n) is 5.87. The zero-order chi connectivity index (χ0) is 13.3. The molecule has 98 valence electrons. The van der Waals surface area contributed by atoms with E-state index in [2.05, 4.69) is 0 Å². The molecule has 18 heavy (non-hydrogen) atoms. The molecule has 1 fully saturated rings. The number of rotatable bonds is 1. The molecule has 1 aromatic rings. The van der Waals surface area contributed by atoms with Crippen molar-refractivity contribution < 1.29 is 9.53 Å². The van der Waals surface area contributed by atoms with E-state index in [0.717, 1.165) is 0 Å². The number of carbonyl (C=O) groups is 1. The summed E-state index contributed by atoms with van der Waals surface area (Å²) in [6.45, 7) is 5.06. The molecule has 1 aliphatic heterocycles. The van der Waals surface area contributed by atoms with Crippen molar-refractivity contribution in [3.63, 3.8) is 0 Å². The molecule has 2 rings (SSSR count). The summed E-state index contributed by atoms with van der Waals surface area (Å²) in [7, 11) is 0. The van der Waals surface area contributed by atoms with Crippen molar-refractivity contribution in [2.45, 2.75) is 26.1 Å². The summed E-state index contributed by atoms with van der Waals surface area (Å²) in [6, 6.07) is 4.92. The third-order valence-corrected chi connectivity index (χ3v) is 3.43. The molecule has 3 nitrogen and oxygen atoms in total. The lowest BCUT2D eigenvalue weighted by atomic mass is 10.1. The fourth-order valence-electron chi connectivity index (χ4n) is 2.18. The minimum absolute atomic E-state index is 0.0376. The maximum atomic E-state index is 12.4. The average molecular weight is 288 g/mol. The van der Waals surface area contributed by atoms with E-state index in [0.29, 0.717) is 28.7 Å². The second-order valence-corrected chi connectivity index (χ2v) is 5.44. The van der Waals surface area contributed by atoms with Crippen LogP contribution in [0.5, 0.6) is 0 Å². The third kappa shape index (κ3) is 2.97. The quantitative estimate of drug-likeness (QED) is 0.794. The maximum absolute atomic E-state index is 12.4. The van der Waals surface area contributed by atoms with Crippen molar-refractivity contribution >= 4 is 29.1 Å². The molecule has 0 N–H and O–H groups in total. The molecule has 0 spiro atoms.